The number of aromatic nitrogens is 1. The summed E-state index contributed by atoms with van der Waals surface area (Å²) >= 11 is 1.43. The van der Waals surface area contributed by atoms with Gasteiger partial charge in [0.2, 0.25) is 0 Å². The first-order chi connectivity index (χ1) is 15.0. The summed E-state index contributed by atoms with van der Waals surface area (Å²) in [7, 11) is 0. The standard InChI is InChI=1S/C23H28N4O3S/c1-16(2)27-19-7-6-17(21(28)24-9-4-10-26-11-13-30-14-12-26)15-20(19)31-22-18(23(27)29)5-3-8-25-22/h3,5-8,15-16H,4,9-14H2,1-2H3,(H,24,28). The maximum atomic E-state index is 13.1. The van der Waals surface area contributed by atoms with Crippen molar-refractivity contribution >= 4 is 29.3 Å². The quantitative estimate of drug-likeness (QED) is 0.696. The number of pyridine rings is 1. The number of carbonyl (C=O) groups excluding carboxylic acids is 2. The molecule has 1 aromatic carbocycles. The van der Waals surface area contributed by atoms with Crippen LogP contribution in [0.25, 0.3) is 0 Å². The summed E-state index contributed by atoms with van der Waals surface area (Å²) in [5, 5.41) is 3.69. The number of hydrogen-bond donors (Lipinski definition) is 1. The Balaban J connectivity index is 1.47. The molecule has 1 aromatic heterocycles. The number of anilines is 1. The van der Waals surface area contributed by atoms with Crippen LogP contribution in [0.4, 0.5) is 5.69 Å². The van der Waals surface area contributed by atoms with Crippen molar-refractivity contribution in [1.29, 1.82) is 0 Å². The molecule has 1 N–H and O–H groups in total. The molecule has 0 atom stereocenters. The fourth-order valence-corrected chi connectivity index (χ4v) is 4.90. The first-order valence-corrected chi connectivity index (χ1v) is 11.5. The van der Waals surface area contributed by atoms with Crippen molar-refractivity contribution in [2.45, 2.75) is 36.2 Å². The van der Waals surface area contributed by atoms with Crippen molar-refractivity contribution in [3.8, 4) is 0 Å². The van der Waals surface area contributed by atoms with Gasteiger partial charge < -0.3 is 15.0 Å². The number of rotatable bonds is 6. The molecular formula is C23H28N4O3S. The van der Waals surface area contributed by atoms with Gasteiger partial charge in [-0.15, -0.1) is 0 Å². The Kier molecular flexibility index (Phi) is 6.89. The average Bonchev–Trinajstić information content (AvgIpc) is 2.90. The van der Waals surface area contributed by atoms with Gasteiger partial charge in [-0.25, -0.2) is 4.98 Å². The summed E-state index contributed by atoms with van der Waals surface area (Å²) in [4.78, 5) is 35.3. The largest absolute Gasteiger partial charge is 0.379 e. The molecule has 2 aromatic rings. The van der Waals surface area contributed by atoms with E-state index < -0.39 is 0 Å². The van der Waals surface area contributed by atoms with E-state index in [2.05, 4.69) is 15.2 Å². The van der Waals surface area contributed by atoms with Crippen molar-refractivity contribution in [1.82, 2.24) is 15.2 Å². The van der Waals surface area contributed by atoms with Gasteiger partial charge in [-0.05, 0) is 57.1 Å². The summed E-state index contributed by atoms with van der Waals surface area (Å²) in [6.45, 7) is 9.04. The van der Waals surface area contributed by atoms with Crippen LogP contribution in [-0.2, 0) is 4.74 Å². The van der Waals surface area contributed by atoms with Crippen LogP contribution in [0.5, 0.6) is 0 Å². The van der Waals surface area contributed by atoms with E-state index in [-0.39, 0.29) is 17.9 Å². The predicted octanol–water partition coefficient (Wildman–Crippen LogP) is 3.05. The fourth-order valence-electron chi connectivity index (χ4n) is 3.86. The Labute approximate surface area is 187 Å². The van der Waals surface area contributed by atoms with Crippen LogP contribution in [0.3, 0.4) is 0 Å². The summed E-state index contributed by atoms with van der Waals surface area (Å²) < 4.78 is 5.36. The molecule has 0 spiro atoms. The lowest BCUT2D eigenvalue weighted by molar-refractivity contribution is 0.0374. The second-order valence-electron chi connectivity index (χ2n) is 7.97. The molecule has 1 fully saturated rings. The number of benzene rings is 1. The third kappa shape index (κ3) is 4.92. The van der Waals surface area contributed by atoms with Crippen molar-refractivity contribution in [2.24, 2.45) is 0 Å². The van der Waals surface area contributed by atoms with Gasteiger partial charge in [-0.3, -0.25) is 14.5 Å². The van der Waals surface area contributed by atoms with Crippen LogP contribution in [-0.4, -0.2) is 67.1 Å². The summed E-state index contributed by atoms with van der Waals surface area (Å²) in [6.07, 6.45) is 2.59. The van der Waals surface area contributed by atoms with Crippen LogP contribution < -0.4 is 10.2 Å². The summed E-state index contributed by atoms with van der Waals surface area (Å²) in [6, 6.07) is 9.10. The zero-order chi connectivity index (χ0) is 21.8. The van der Waals surface area contributed by atoms with Gasteiger partial charge in [0.05, 0.1) is 24.5 Å². The second kappa shape index (κ2) is 9.80. The van der Waals surface area contributed by atoms with E-state index in [4.69, 9.17) is 4.74 Å². The smallest absolute Gasteiger partial charge is 0.261 e. The van der Waals surface area contributed by atoms with Crippen LogP contribution in [0.1, 0.15) is 41.0 Å². The third-order valence-electron chi connectivity index (χ3n) is 5.47. The number of hydrogen-bond acceptors (Lipinski definition) is 6. The maximum Gasteiger partial charge on any atom is 0.261 e. The molecule has 0 aliphatic carbocycles. The first-order valence-electron chi connectivity index (χ1n) is 10.7. The highest BCUT2D eigenvalue weighted by Crippen LogP contribution is 2.41. The number of carbonyl (C=O) groups is 2. The van der Waals surface area contributed by atoms with Gasteiger partial charge in [-0.2, -0.15) is 0 Å². The highest BCUT2D eigenvalue weighted by molar-refractivity contribution is 7.99. The topological polar surface area (TPSA) is 74.8 Å². The molecular weight excluding hydrogens is 412 g/mol. The van der Waals surface area contributed by atoms with Gasteiger partial charge in [0, 0.05) is 42.3 Å². The lowest BCUT2D eigenvalue weighted by Gasteiger charge is -2.27. The number of morpholine rings is 1. The van der Waals surface area contributed by atoms with E-state index in [0.717, 1.165) is 49.9 Å². The van der Waals surface area contributed by atoms with E-state index >= 15 is 0 Å². The Morgan fingerprint density at radius 1 is 1.26 bits per heavy atom. The number of fused-ring (bicyclic) bond motifs is 2. The lowest BCUT2D eigenvalue weighted by Crippen LogP contribution is -2.38. The highest BCUT2D eigenvalue weighted by Gasteiger charge is 2.30. The minimum atomic E-state index is -0.0988. The molecule has 8 heteroatoms. The minimum absolute atomic E-state index is 0.0159. The lowest BCUT2D eigenvalue weighted by atomic mass is 10.1. The van der Waals surface area contributed by atoms with Crippen molar-refractivity contribution in [2.75, 3.05) is 44.3 Å². The normalized spacial score (nSPS) is 16.6. The predicted molar refractivity (Wildman–Crippen MR) is 121 cm³/mol. The molecule has 1 saturated heterocycles. The molecule has 2 aliphatic heterocycles. The Bertz CT molecular complexity index is 960. The number of amides is 2. The average molecular weight is 441 g/mol. The van der Waals surface area contributed by atoms with Crippen LogP contribution in [0, 0.1) is 0 Å². The highest BCUT2D eigenvalue weighted by atomic mass is 32.2. The van der Waals surface area contributed by atoms with E-state index in [1.807, 2.05) is 26.0 Å². The molecule has 0 bridgehead atoms. The van der Waals surface area contributed by atoms with E-state index in [1.165, 1.54) is 11.8 Å². The van der Waals surface area contributed by atoms with Crippen molar-refractivity contribution in [3.05, 3.63) is 47.7 Å². The van der Waals surface area contributed by atoms with Crippen LogP contribution in [0.2, 0.25) is 0 Å². The molecule has 3 heterocycles. The van der Waals surface area contributed by atoms with Gasteiger partial charge in [0.25, 0.3) is 11.8 Å². The molecule has 0 unspecified atom stereocenters. The van der Waals surface area contributed by atoms with E-state index in [0.29, 0.717) is 22.7 Å². The summed E-state index contributed by atoms with van der Waals surface area (Å²) in [5.74, 6) is -0.164. The monoisotopic (exact) mass is 440 g/mol. The minimum Gasteiger partial charge on any atom is -0.379 e. The van der Waals surface area contributed by atoms with E-state index in [9.17, 15) is 9.59 Å². The van der Waals surface area contributed by atoms with Gasteiger partial charge >= 0.3 is 0 Å². The molecule has 7 nitrogen and oxygen atoms in total. The molecule has 2 amide bonds. The van der Waals surface area contributed by atoms with Crippen LogP contribution in [0.15, 0.2) is 46.5 Å². The maximum absolute atomic E-state index is 13.1. The molecule has 164 valence electrons. The second-order valence-corrected chi connectivity index (χ2v) is 9.00. The Morgan fingerprint density at radius 3 is 2.84 bits per heavy atom. The van der Waals surface area contributed by atoms with Crippen molar-refractivity contribution < 1.29 is 14.3 Å². The molecule has 0 saturated carbocycles. The van der Waals surface area contributed by atoms with Gasteiger partial charge in [-0.1, -0.05) is 11.8 Å². The fraction of sp³-hybridized carbons (Fsp3) is 0.435. The molecule has 31 heavy (non-hydrogen) atoms. The number of nitrogens with one attached hydrogen (secondary N) is 1. The Hall–Kier alpha value is -2.42. The molecule has 4 rings (SSSR count). The number of ether oxygens (including phenoxy) is 1. The zero-order valence-corrected chi connectivity index (χ0v) is 18.8. The van der Waals surface area contributed by atoms with E-state index in [1.54, 1.807) is 29.3 Å². The van der Waals surface area contributed by atoms with Crippen LogP contribution >= 0.6 is 11.8 Å². The number of nitrogens with zero attached hydrogens (tertiary/aromatic N) is 3. The Morgan fingerprint density at radius 2 is 2.06 bits per heavy atom. The first kappa shape index (κ1) is 21.8. The van der Waals surface area contributed by atoms with Crippen molar-refractivity contribution in [3.63, 3.8) is 0 Å². The molecule has 0 radical (unpaired) electrons. The molecule has 2 aliphatic rings. The van der Waals surface area contributed by atoms with Gasteiger partial charge in [0.1, 0.15) is 5.03 Å². The zero-order valence-electron chi connectivity index (χ0n) is 18.0. The SMILES string of the molecule is CC(C)N1C(=O)c2cccnc2Sc2cc(C(=O)NCCCN3CCOCC3)ccc21. The summed E-state index contributed by atoms with van der Waals surface area (Å²) in [5.41, 5.74) is 1.99. The third-order valence-corrected chi connectivity index (χ3v) is 6.53. The van der Waals surface area contributed by atoms with Gasteiger partial charge in [0.15, 0.2) is 0 Å².